The number of nitroso groups, excluding NO2 is 1. The molecule has 3 heteroatoms. The molecule has 0 amide bonds. The Kier molecular flexibility index (Phi) is 2.40. The standard InChI is InChI=1S/C7H6ClNO/c8-7-3-1-6(2-4-7)5-9-10/h1-4H,5H2. The zero-order valence-corrected chi connectivity index (χ0v) is 6.01. The minimum atomic E-state index is 0.219. The van der Waals surface area contributed by atoms with Crippen molar-refractivity contribution in [2.24, 2.45) is 5.18 Å². The Labute approximate surface area is 63.8 Å². The van der Waals surface area contributed by atoms with Gasteiger partial charge in [0, 0.05) is 5.02 Å². The first-order valence-corrected chi connectivity index (χ1v) is 3.24. The molecule has 52 valence electrons. The second kappa shape index (κ2) is 3.32. The lowest BCUT2D eigenvalue weighted by molar-refractivity contribution is 1.06. The summed E-state index contributed by atoms with van der Waals surface area (Å²) in [6.07, 6.45) is 0. The van der Waals surface area contributed by atoms with Gasteiger partial charge >= 0.3 is 0 Å². The van der Waals surface area contributed by atoms with Crippen molar-refractivity contribution in [2.75, 3.05) is 0 Å². The Hall–Kier alpha value is -0.890. The highest BCUT2D eigenvalue weighted by Gasteiger charge is 1.90. The van der Waals surface area contributed by atoms with E-state index in [0.717, 1.165) is 5.56 Å². The first kappa shape index (κ1) is 7.22. The zero-order chi connectivity index (χ0) is 7.40. The molecule has 1 aromatic carbocycles. The van der Waals surface area contributed by atoms with Gasteiger partial charge in [0.05, 0.1) is 0 Å². The Balaban J connectivity index is 2.78. The van der Waals surface area contributed by atoms with Crippen LogP contribution in [0.5, 0.6) is 0 Å². The van der Waals surface area contributed by atoms with Crippen molar-refractivity contribution in [3.8, 4) is 0 Å². The van der Waals surface area contributed by atoms with Gasteiger partial charge in [-0.1, -0.05) is 28.9 Å². The number of benzene rings is 1. The molecule has 0 aromatic heterocycles. The molecular formula is C7H6ClNO. The van der Waals surface area contributed by atoms with E-state index >= 15 is 0 Å². The van der Waals surface area contributed by atoms with Gasteiger partial charge in [-0.2, -0.15) is 4.91 Å². The summed E-state index contributed by atoms with van der Waals surface area (Å²) in [7, 11) is 0. The molecule has 0 radical (unpaired) electrons. The second-order valence-corrected chi connectivity index (χ2v) is 2.35. The molecule has 1 rings (SSSR count). The molecule has 0 spiro atoms. The van der Waals surface area contributed by atoms with Crippen LogP contribution in [-0.2, 0) is 6.54 Å². The van der Waals surface area contributed by atoms with Gasteiger partial charge in [0.1, 0.15) is 6.54 Å². The molecule has 0 aliphatic rings. The predicted molar refractivity (Wildman–Crippen MR) is 41.0 cm³/mol. The van der Waals surface area contributed by atoms with Crippen LogP contribution in [0.25, 0.3) is 0 Å². The maximum atomic E-state index is 9.78. The van der Waals surface area contributed by atoms with Crippen molar-refractivity contribution < 1.29 is 0 Å². The van der Waals surface area contributed by atoms with Gasteiger partial charge in [-0.25, -0.2) is 0 Å². The van der Waals surface area contributed by atoms with Crippen LogP contribution in [-0.4, -0.2) is 0 Å². The maximum Gasteiger partial charge on any atom is 0.106 e. The average Bonchev–Trinajstić information content (AvgIpc) is 1.95. The van der Waals surface area contributed by atoms with Crippen LogP contribution >= 0.6 is 11.6 Å². The lowest BCUT2D eigenvalue weighted by Gasteiger charge is -1.91. The van der Waals surface area contributed by atoms with Gasteiger partial charge in [0.2, 0.25) is 0 Å². The van der Waals surface area contributed by atoms with Gasteiger partial charge < -0.3 is 0 Å². The number of halogens is 1. The van der Waals surface area contributed by atoms with Crippen LogP contribution < -0.4 is 0 Å². The topological polar surface area (TPSA) is 29.4 Å². The maximum absolute atomic E-state index is 9.78. The molecule has 0 saturated heterocycles. The van der Waals surface area contributed by atoms with Crippen LogP contribution in [0.2, 0.25) is 5.02 Å². The molecule has 0 saturated carbocycles. The largest absolute Gasteiger partial charge is 0.150 e. The minimum absolute atomic E-state index is 0.219. The summed E-state index contributed by atoms with van der Waals surface area (Å²) in [5, 5.41) is 3.42. The lowest BCUT2D eigenvalue weighted by Crippen LogP contribution is -1.77. The summed E-state index contributed by atoms with van der Waals surface area (Å²) >= 11 is 5.60. The quantitative estimate of drug-likeness (QED) is 0.604. The molecule has 0 bridgehead atoms. The van der Waals surface area contributed by atoms with Gasteiger partial charge in [-0.15, -0.1) is 0 Å². The number of hydrogen-bond acceptors (Lipinski definition) is 2. The van der Waals surface area contributed by atoms with Crippen molar-refractivity contribution >= 4 is 11.6 Å². The molecule has 10 heavy (non-hydrogen) atoms. The summed E-state index contributed by atoms with van der Waals surface area (Å²) in [6.45, 7) is 0.219. The van der Waals surface area contributed by atoms with Crippen LogP contribution in [0.4, 0.5) is 0 Å². The van der Waals surface area contributed by atoms with Gasteiger partial charge in [0.25, 0.3) is 0 Å². The first-order valence-electron chi connectivity index (χ1n) is 2.86. The molecule has 0 fully saturated rings. The SMILES string of the molecule is O=NCc1ccc(Cl)cc1. The summed E-state index contributed by atoms with van der Waals surface area (Å²) < 4.78 is 0. The minimum Gasteiger partial charge on any atom is -0.150 e. The number of hydrogen-bond donors (Lipinski definition) is 0. The van der Waals surface area contributed by atoms with E-state index in [1.54, 1.807) is 24.3 Å². The third kappa shape index (κ3) is 1.81. The van der Waals surface area contributed by atoms with E-state index < -0.39 is 0 Å². The fourth-order valence-corrected chi connectivity index (χ4v) is 0.790. The number of rotatable bonds is 2. The molecule has 0 atom stereocenters. The molecule has 0 aliphatic heterocycles. The number of nitrogens with zero attached hydrogens (tertiary/aromatic N) is 1. The molecular weight excluding hydrogens is 150 g/mol. The van der Waals surface area contributed by atoms with E-state index in [1.165, 1.54) is 0 Å². The monoisotopic (exact) mass is 155 g/mol. The molecule has 0 aliphatic carbocycles. The average molecular weight is 156 g/mol. The fraction of sp³-hybridized carbons (Fsp3) is 0.143. The Morgan fingerprint density at radius 2 is 1.90 bits per heavy atom. The molecule has 0 N–H and O–H groups in total. The summed E-state index contributed by atoms with van der Waals surface area (Å²) in [5.41, 5.74) is 0.888. The van der Waals surface area contributed by atoms with Crippen LogP contribution in [0.1, 0.15) is 5.56 Å². The highest BCUT2D eigenvalue weighted by atomic mass is 35.5. The molecule has 0 unspecified atom stereocenters. The molecule has 2 nitrogen and oxygen atoms in total. The normalized spacial score (nSPS) is 9.30. The van der Waals surface area contributed by atoms with Crippen LogP contribution in [0.3, 0.4) is 0 Å². The van der Waals surface area contributed by atoms with Gasteiger partial charge in [-0.3, -0.25) is 0 Å². The summed E-state index contributed by atoms with van der Waals surface area (Å²) in [4.78, 5) is 9.78. The molecule has 0 heterocycles. The predicted octanol–water partition coefficient (Wildman–Crippen LogP) is 2.61. The summed E-state index contributed by atoms with van der Waals surface area (Å²) in [6, 6.07) is 7.04. The van der Waals surface area contributed by atoms with Gasteiger partial charge in [-0.05, 0) is 17.7 Å². The lowest BCUT2D eigenvalue weighted by atomic mass is 10.2. The van der Waals surface area contributed by atoms with Crippen molar-refractivity contribution in [3.05, 3.63) is 39.8 Å². The Morgan fingerprint density at radius 3 is 2.40 bits per heavy atom. The third-order valence-corrected chi connectivity index (χ3v) is 1.41. The summed E-state index contributed by atoms with van der Waals surface area (Å²) in [5.74, 6) is 0. The van der Waals surface area contributed by atoms with Crippen molar-refractivity contribution in [1.29, 1.82) is 0 Å². The third-order valence-electron chi connectivity index (χ3n) is 1.16. The van der Waals surface area contributed by atoms with Crippen molar-refractivity contribution in [1.82, 2.24) is 0 Å². The van der Waals surface area contributed by atoms with Crippen molar-refractivity contribution in [3.63, 3.8) is 0 Å². The van der Waals surface area contributed by atoms with E-state index in [1.807, 2.05) is 0 Å². The first-order chi connectivity index (χ1) is 4.83. The van der Waals surface area contributed by atoms with Gasteiger partial charge in [0.15, 0.2) is 0 Å². The van der Waals surface area contributed by atoms with Crippen LogP contribution in [0, 0.1) is 4.91 Å². The van der Waals surface area contributed by atoms with E-state index in [2.05, 4.69) is 5.18 Å². The molecule has 1 aromatic rings. The highest BCUT2D eigenvalue weighted by molar-refractivity contribution is 6.30. The highest BCUT2D eigenvalue weighted by Crippen LogP contribution is 2.09. The smallest absolute Gasteiger partial charge is 0.106 e. The van der Waals surface area contributed by atoms with Crippen LogP contribution in [0.15, 0.2) is 29.4 Å². The Bertz CT molecular complexity index is 220. The zero-order valence-electron chi connectivity index (χ0n) is 5.25. The van der Waals surface area contributed by atoms with Crippen molar-refractivity contribution in [2.45, 2.75) is 6.54 Å². The van der Waals surface area contributed by atoms with E-state index in [-0.39, 0.29) is 6.54 Å². The van der Waals surface area contributed by atoms with E-state index in [0.29, 0.717) is 5.02 Å². The second-order valence-electron chi connectivity index (χ2n) is 1.91. The fourth-order valence-electron chi connectivity index (χ4n) is 0.664. The van der Waals surface area contributed by atoms with E-state index in [9.17, 15) is 4.91 Å². The Morgan fingerprint density at radius 1 is 1.30 bits per heavy atom. The van der Waals surface area contributed by atoms with E-state index in [4.69, 9.17) is 11.6 Å².